The van der Waals surface area contributed by atoms with E-state index in [1.54, 1.807) is 4.90 Å². The maximum absolute atomic E-state index is 11.9. The highest BCUT2D eigenvalue weighted by molar-refractivity contribution is 5.93. The second-order valence-corrected chi connectivity index (χ2v) is 4.10. The Balaban J connectivity index is 2.06. The van der Waals surface area contributed by atoms with E-state index in [1.165, 1.54) is 12.1 Å². The summed E-state index contributed by atoms with van der Waals surface area (Å²) < 4.78 is 4.96. The molecule has 92 valence electrons. The third kappa shape index (κ3) is 2.47. The van der Waals surface area contributed by atoms with Crippen LogP contribution in [-0.4, -0.2) is 41.0 Å². The van der Waals surface area contributed by atoms with Gasteiger partial charge in [-0.25, -0.2) is 4.79 Å². The summed E-state index contributed by atoms with van der Waals surface area (Å²) in [5, 5.41) is 8.69. The molecule has 0 unspecified atom stereocenters. The van der Waals surface area contributed by atoms with Crippen molar-refractivity contribution >= 4 is 11.9 Å². The molecule has 0 atom stereocenters. The first-order valence-corrected chi connectivity index (χ1v) is 5.46. The summed E-state index contributed by atoms with van der Waals surface area (Å²) >= 11 is 0. The molecule has 1 aliphatic rings. The Kier molecular flexibility index (Phi) is 3.14. The SMILES string of the molecule is NC1CCN(C(=O)c2ccc(C(=O)O)o2)CC1. The molecule has 0 bridgehead atoms. The largest absolute Gasteiger partial charge is 0.475 e. The maximum Gasteiger partial charge on any atom is 0.371 e. The third-order valence-electron chi connectivity index (χ3n) is 2.85. The van der Waals surface area contributed by atoms with Gasteiger partial charge in [0.05, 0.1) is 0 Å². The summed E-state index contributed by atoms with van der Waals surface area (Å²) in [7, 11) is 0. The molecule has 1 aromatic heterocycles. The zero-order chi connectivity index (χ0) is 12.4. The zero-order valence-electron chi connectivity index (χ0n) is 9.26. The van der Waals surface area contributed by atoms with Crippen molar-refractivity contribution in [1.29, 1.82) is 0 Å². The number of rotatable bonds is 2. The lowest BCUT2D eigenvalue weighted by Gasteiger charge is -2.29. The molecule has 0 radical (unpaired) electrons. The van der Waals surface area contributed by atoms with Gasteiger partial charge >= 0.3 is 5.97 Å². The minimum absolute atomic E-state index is 0.0675. The first-order valence-electron chi connectivity index (χ1n) is 5.46. The second kappa shape index (κ2) is 4.58. The Labute approximate surface area is 98.0 Å². The van der Waals surface area contributed by atoms with Crippen LogP contribution >= 0.6 is 0 Å². The van der Waals surface area contributed by atoms with Crippen molar-refractivity contribution < 1.29 is 19.1 Å². The Morgan fingerprint density at radius 2 is 1.88 bits per heavy atom. The van der Waals surface area contributed by atoms with E-state index in [4.69, 9.17) is 15.3 Å². The van der Waals surface area contributed by atoms with E-state index in [9.17, 15) is 9.59 Å². The highest BCUT2D eigenvalue weighted by Gasteiger charge is 2.24. The van der Waals surface area contributed by atoms with Gasteiger partial charge in [-0.3, -0.25) is 4.79 Å². The van der Waals surface area contributed by atoms with Gasteiger partial charge in [0.2, 0.25) is 5.76 Å². The van der Waals surface area contributed by atoms with Gasteiger partial charge in [0, 0.05) is 19.1 Å². The van der Waals surface area contributed by atoms with Gasteiger partial charge in [-0.05, 0) is 25.0 Å². The first kappa shape index (κ1) is 11.7. The lowest BCUT2D eigenvalue weighted by Crippen LogP contribution is -2.42. The number of carboxylic acid groups (broad SMARTS) is 1. The molecule has 1 fully saturated rings. The van der Waals surface area contributed by atoms with E-state index < -0.39 is 5.97 Å². The first-order chi connectivity index (χ1) is 8.08. The van der Waals surface area contributed by atoms with Crippen LogP contribution in [0.25, 0.3) is 0 Å². The minimum Gasteiger partial charge on any atom is -0.475 e. The number of carboxylic acids is 1. The average Bonchev–Trinajstić information content (AvgIpc) is 2.78. The molecule has 1 aliphatic heterocycles. The van der Waals surface area contributed by atoms with Crippen LogP contribution in [0.5, 0.6) is 0 Å². The number of amides is 1. The quantitative estimate of drug-likeness (QED) is 0.783. The van der Waals surface area contributed by atoms with E-state index in [0.717, 1.165) is 12.8 Å². The molecule has 2 rings (SSSR count). The fourth-order valence-electron chi connectivity index (χ4n) is 1.83. The van der Waals surface area contributed by atoms with E-state index >= 15 is 0 Å². The summed E-state index contributed by atoms with van der Waals surface area (Å²) in [6.07, 6.45) is 1.52. The van der Waals surface area contributed by atoms with Crippen molar-refractivity contribution in [2.75, 3.05) is 13.1 Å². The van der Waals surface area contributed by atoms with Crippen LogP contribution in [0, 0.1) is 0 Å². The van der Waals surface area contributed by atoms with E-state index in [-0.39, 0.29) is 23.5 Å². The number of nitrogens with zero attached hydrogens (tertiary/aromatic N) is 1. The van der Waals surface area contributed by atoms with Crippen LogP contribution in [0.3, 0.4) is 0 Å². The predicted molar refractivity (Wildman–Crippen MR) is 58.8 cm³/mol. The number of carbonyl (C=O) groups excluding carboxylic acids is 1. The Bertz CT molecular complexity index is 432. The summed E-state index contributed by atoms with van der Waals surface area (Å²) in [6.45, 7) is 1.17. The summed E-state index contributed by atoms with van der Waals surface area (Å²) in [5.74, 6) is -1.60. The van der Waals surface area contributed by atoms with Crippen LogP contribution in [-0.2, 0) is 0 Å². The number of nitrogens with two attached hydrogens (primary N) is 1. The number of piperidine rings is 1. The maximum atomic E-state index is 11.9. The van der Waals surface area contributed by atoms with Crippen LogP contribution in [0.4, 0.5) is 0 Å². The summed E-state index contributed by atoms with van der Waals surface area (Å²) in [4.78, 5) is 24.2. The van der Waals surface area contributed by atoms with Crippen molar-refractivity contribution in [3.05, 3.63) is 23.7 Å². The fraction of sp³-hybridized carbons (Fsp3) is 0.455. The van der Waals surface area contributed by atoms with Gasteiger partial charge in [-0.2, -0.15) is 0 Å². The van der Waals surface area contributed by atoms with Crippen molar-refractivity contribution in [2.24, 2.45) is 5.73 Å². The van der Waals surface area contributed by atoms with Gasteiger partial charge in [-0.15, -0.1) is 0 Å². The lowest BCUT2D eigenvalue weighted by atomic mass is 10.1. The van der Waals surface area contributed by atoms with Crippen LogP contribution in [0.1, 0.15) is 34.0 Å². The molecule has 0 saturated carbocycles. The number of hydrogen-bond acceptors (Lipinski definition) is 4. The van der Waals surface area contributed by atoms with Gasteiger partial charge in [-0.1, -0.05) is 0 Å². The van der Waals surface area contributed by atoms with Crippen LogP contribution in [0.2, 0.25) is 0 Å². The van der Waals surface area contributed by atoms with Crippen molar-refractivity contribution in [3.8, 4) is 0 Å². The van der Waals surface area contributed by atoms with Crippen molar-refractivity contribution in [1.82, 2.24) is 4.90 Å². The van der Waals surface area contributed by atoms with E-state index in [2.05, 4.69) is 0 Å². The number of aromatic carboxylic acids is 1. The Hall–Kier alpha value is -1.82. The van der Waals surface area contributed by atoms with E-state index in [0.29, 0.717) is 13.1 Å². The number of likely N-dealkylation sites (tertiary alicyclic amines) is 1. The molecule has 0 aromatic carbocycles. The number of furan rings is 1. The topological polar surface area (TPSA) is 96.8 Å². The second-order valence-electron chi connectivity index (χ2n) is 4.10. The third-order valence-corrected chi connectivity index (χ3v) is 2.85. The average molecular weight is 238 g/mol. The summed E-state index contributed by atoms with van der Waals surface area (Å²) in [6, 6.07) is 2.82. The zero-order valence-corrected chi connectivity index (χ0v) is 9.26. The highest BCUT2D eigenvalue weighted by atomic mass is 16.4. The molecule has 1 aromatic rings. The molecule has 2 heterocycles. The molecule has 6 heteroatoms. The van der Waals surface area contributed by atoms with Gasteiger partial charge in [0.1, 0.15) is 0 Å². The lowest BCUT2D eigenvalue weighted by molar-refractivity contribution is 0.0640. The molecule has 0 spiro atoms. The molecule has 3 N–H and O–H groups in total. The molecule has 17 heavy (non-hydrogen) atoms. The molecule has 1 amide bonds. The van der Waals surface area contributed by atoms with Gasteiger partial charge in [0.25, 0.3) is 5.91 Å². The molecular weight excluding hydrogens is 224 g/mol. The predicted octanol–water partition coefficient (Wildman–Crippen LogP) is 0.541. The number of carbonyl (C=O) groups is 2. The van der Waals surface area contributed by atoms with Crippen LogP contribution in [0.15, 0.2) is 16.5 Å². The minimum atomic E-state index is -1.18. The Morgan fingerprint density at radius 1 is 1.29 bits per heavy atom. The molecule has 6 nitrogen and oxygen atoms in total. The standard InChI is InChI=1S/C11H14N2O4/c12-7-3-5-13(6-4-7)10(14)8-1-2-9(17-8)11(15)16/h1-2,7H,3-6,12H2,(H,15,16). The fourth-order valence-corrected chi connectivity index (χ4v) is 1.83. The summed E-state index contributed by atoms with van der Waals surface area (Å²) in [5.41, 5.74) is 5.74. The van der Waals surface area contributed by atoms with Gasteiger partial charge < -0.3 is 20.2 Å². The van der Waals surface area contributed by atoms with Crippen LogP contribution < -0.4 is 5.73 Å². The normalized spacial score (nSPS) is 17.1. The van der Waals surface area contributed by atoms with E-state index in [1.807, 2.05) is 0 Å². The molecule has 0 aliphatic carbocycles. The Morgan fingerprint density at radius 3 is 2.41 bits per heavy atom. The molecule has 1 saturated heterocycles. The smallest absolute Gasteiger partial charge is 0.371 e. The monoisotopic (exact) mass is 238 g/mol. The number of hydrogen-bond donors (Lipinski definition) is 2. The van der Waals surface area contributed by atoms with Crippen molar-refractivity contribution in [2.45, 2.75) is 18.9 Å². The van der Waals surface area contributed by atoms with Gasteiger partial charge in [0.15, 0.2) is 5.76 Å². The van der Waals surface area contributed by atoms with Crippen molar-refractivity contribution in [3.63, 3.8) is 0 Å². The highest BCUT2D eigenvalue weighted by Crippen LogP contribution is 2.15. The molecular formula is C11H14N2O4.